The lowest BCUT2D eigenvalue weighted by molar-refractivity contribution is -0.159. The van der Waals surface area contributed by atoms with E-state index in [-0.39, 0.29) is 29.1 Å². The van der Waals surface area contributed by atoms with Crippen molar-refractivity contribution < 1.29 is 9.53 Å². The van der Waals surface area contributed by atoms with Gasteiger partial charge in [0, 0.05) is 11.1 Å². The van der Waals surface area contributed by atoms with Crippen LogP contribution in [0.15, 0.2) is 0 Å². The fourth-order valence-electron chi connectivity index (χ4n) is 5.59. The smallest absolute Gasteiger partial charge is 0.311 e. The molecule has 23 heavy (non-hydrogen) atoms. The molecule has 0 aromatic carbocycles. The fraction of sp³-hybridized carbons (Fsp3) is 0.950. The SMILES string of the molecule is CC1CCC2CC(OC(=O)C3CC(C)(C)NC3(C)C)CCC2C1. The van der Waals surface area contributed by atoms with Gasteiger partial charge in [-0.1, -0.05) is 13.3 Å². The van der Waals surface area contributed by atoms with E-state index in [1.54, 1.807) is 0 Å². The van der Waals surface area contributed by atoms with Gasteiger partial charge in [0.15, 0.2) is 0 Å². The summed E-state index contributed by atoms with van der Waals surface area (Å²) in [5.41, 5.74) is -0.150. The molecule has 5 unspecified atom stereocenters. The maximum Gasteiger partial charge on any atom is 0.311 e. The Hall–Kier alpha value is -0.570. The summed E-state index contributed by atoms with van der Waals surface area (Å²) in [5, 5.41) is 3.59. The number of hydrogen-bond donors (Lipinski definition) is 1. The molecule has 0 amide bonds. The van der Waals surface area contributed by atoms with E-state index in [9.17, 15) is 4.79 Å². The second kappa shape index (κ2) is 6.06. The molecule has 0 spiro atoms. The number of nitrogens with one attached hydrogen (secondary N) is 1. The van der Waals surface area contributed by atoms with Gasteiger partial charge in [-0.15, -0.1) is 0 Å². The van der Waals surface area contributed by atoms with E-state index in [1.165, 1.54) is 25.7 Å². The highest BCUT2D eigenvalue weighted by molar-refractivity contribution is 5.75. The van der Waals surface area contributed by atoms with Crippen molar-refractivity contribution >= 4 is 5.97 Å². The number of ether oxygens (including phenoxy) is 1. The maximum atomic E-state index is 12.8. The van der Waals surface area contributed by atoms with E-state index < -0.39 is 0 Å². The highest BCUT2D eigenvalue weighted by Gasteiger charge is 2.49. The van der Waals surface area contributed by atoms with E-state index in [0.29, 0.717) is 0 Å². The first kappa shape index (κ1) is 17.3. The van der Waals surface area contributed by atoms with Gasteiger partial charge in [0.1, 0.15) is 6.10 Å². The van der Waals surface area contributed by atoms with Gasteiger partial charge in [0.05, 0.1) is 5.92 Å². The van der Waals surface area contributed by atoms with Crippen LogP contribution in [0, 0.1) is 23.7 Å². The number of carbonyl (C=O) groups excluding carboxylic acids is 1. The molecule has 2 saturated carbocycles. The van der Waals surface area contributed by atoms with Gasteiger partial charge in [-0.2, -0.15) is 0 Å². The molecule has 2 aliphatic carbocycles. The molecule has 132 valence electrons. The van der Waals surface area contributed by atoms with Crippen molar-refractivity contribution in [3.63, 3.8) is 0 Å². The van der Waals surface area contributed by atoms with Gasteiger partial charge in [0.2, 0.25) is 0 Å². The van der Waals surface area contributed by atoms with Gasteiger partial charge in [-0.05, 0) is 84.0 Å². The lowest BCUT2D eigenvalue weighted by Crippen LogP contribution is -2.47. The summed E-state index contributed by atoms with van der Waals surface area (Å²) in [7, 11) is 0. The van der Waals surface area contributed by atoms with Gasteiger partial charge in [-0.25, -0.2) is 0 Å². The number of carbonyl (C=O) groups is 1. The van der Waals surface area contributed by atoms with Gasteiger partial charge >= 0.3 is 5.97 Å². The Morgan fingerprint density at radius 2 is 1.65 bits per heavy atom. The molecule has 5 atom stereocenters. The van der Waals surface area contributed by atoms with E-state index in [1.807, 2.05) is 0 Å². The maximum absolute atomic E-state index is 12.8. The van der Waals surface area contributed by atoms with Crippen molar-refractivity contribution in [3.05, 3.63) is 0 Å². The average molecular weight is 322 g/mol. The lowest BCUT2D eigenvalue weighted by Gasteiger charge is -2.41. The van der Waals surface area contributed by atoms with E-state index in [2.05, 4.69) is 39.9 Å². The summed E-state index contributed by atoms with van der Waals surface area (Å²) in [6.07, 6.45) is 8.55. The lowest BCUT2D eigenvalue weighted by atomic mass is 9.67. The fourth-order valence-corrected chi connectivity index (χ4v) is 5.59. The standard InChI is InChI=1S/C20H35NO2/c1-13-6-7-15-11-16(9-8-14(15)10-13)23-18(22)17-12-19(2,3)21-20(17,4)5/h13-17,21H,6-12H2,1-5H3. The Bertz CT molecular complexity index is 457. The Morgan fingerprint density at radius 1 is 1.00 bits per heavy atom. The monoisotopic (exact) mass is 321 g/mol. The third-order valence-electron chi connectivity index (χ3n) is 6.64. The van der Waals surface area contributed by atoms with E-state index >= 15 is 0 Å². The zero-order valence-electron chi connectivity index (χ0n) is 15.7. The third kappa shape index (κ3) is 3.75. The molecular formula is C20H35NO2. The molecule has 0 aromatic heterocycles. The Balaban J connectivity index is 1.57. The van der Waals surface area contributed by atoms with Crippen molar-refractivity contribution in [2.75, 3.05) is 0 Å². The van der Waals surface area contributed by atoms with Crippen LogP contribution < -0.4 is 5.32 Å². The summed E-state index contributed by atoms with van der Waals surface area (Å²) in [4.78, 5) is 12.8. The molecule has 1 saturated heterocycles. The summed E-state index contributed by atoms with van der Waals surface area (Å²) in [6.45, 7) is 11.0. The number of rotatable bonds is 2. The van der Waals surface area contributed by atoms with Crippen molar-refractivity contribution in [1.82, 2.24) is 5.32 Å². The molecule has 1 N–H and O–H groups in total. The minimum absolute atomic E-state index is 0.0182. The first-order valence-electron chi connectivity index (χ1n) is 9.66. The molecule has 0 radical (unpaired) electrons. The molecule has 1 heterocycles. The van der Waals surface area contributed by atoms with Crippen LogP contribution in [0.5, 0.6) is 0 Å². The van der Waals surface area contributed by atoms with Crippen LogP contribution >= 0.6 is 0 Å². The molecule has 0 bridgehead atoms. The average Bonchev–Trinajstić information content (AvgIpc) is 2.67. The first-order chi connectivity index (χ1) is 10.7. The summed E-state index contributed by atoms with van der Waals surface area (Å²) >= 11 is 0. The quantitative estimate of drug-likeness (QED) is 0.771. The number of fused-ring (bicyclic) bond motifs is 1. The van der Waals surface area contributed by atoms with Crippen molar-refractivity contribution in [2.45, 2.75) is 96.7 Å². The van der Waals surface area contributed by atoms with Gasteiger partial charge in [0.25, 0.3) is 0 Å². The van der Waals surface area contributed by atoms with Crippen LogP contribution in [0.25, 0.3) is 0 Å². The van der Waals surface area contributed by atoms with Crippen LogP contribution in [0.2, 0.25) is 0 Å². The third-order valence-corrected chi connectivity index (χ3v) is 6.64. The van der Waals surface area contributed by atoms with Gasteiger partial charge in [-0.3, -0.25) is 4.79 Å². The van der Waals surface area contributed by atoms with Crippen molar-refractivity contribution in [2.24, 2.45) is 23.7 Å². The van der Waals surface area contributed by atoms with Crippen LogP contribution in [0.3, 0.4) is 0 Å². The van der Waals surface area contributed by atoms with E-state index in [4.69, 9.17) is 4.74 Å². The number of hydrogen-bond acceptors (Lipinski definition) is 3. The second-order valence-corrected chi connectivity index (χ2v) is 9.80. The molecule has 3 rings (SSSR count). The molecule has 3 aliphatic rings. The van der Waals surface area contributed by atoms with Crippen LogP contribution in [-0.2, 0) is 9.53 Å². The van der Waals surface area contributed by atoms with Gasteiger partial charge < -0.3 is 10.1 Å². The number of esters is 1. The Morgan fingerprint density at radius 3 is 2.30 bits per heavy atom. The Kier molecular flexibility index (Phi) is 4.54. The first-order valence-corrected chi connectivity index (χ1v) is 9.66. The zero-order chi connectivity index (χ0) is 16.8. The van der Waals surface area contributed by atoms with Crippen LogP contribution in [0.1, 0.15) is 79.6 Å². The molecule has 1 aliphatic heterocycles. The van der Waals surface area contributed by atoms with E-state index in [0.717, 1.165) is 37.0 Å². The van der Waals surface area contributed by atoms with Crippen molar-refractivity contribution in [1.29, 1.82) is 0 Å². The second-order valence-electron chi connectivity index (χ2n) is 9.80. The summed E-state index contributed by atoms with van der Waals surface area (Å²) in [5.74, 6) is 2.58. The molecule has 3 heteroatoms. The Labute approximate surface area is 141 Å². The summed E-state index contributed by atoms with van der Waals surface area (Å²) in [6, 6.07) is 0. The minimum atomic E-state index is -0.169. The van der Waals surface area contributed by atoms with Crippen molar-refractivity contribution in [3.8, 4) is 0 Å². The normalized spacial score (nSPS) is 42.0. The molecule has 0 aromatic rings. The van der Waals surface area contributed by atoms with Crippen LogP contribution in [-0.4, -0.2) is 23.2 Å². The summed E-state index contributed by atoms with van der Waals surface area (Å²) < 4.78 is 6.00. The minimum Gasteiger partial charge on any atom is -0.462 e. The van der Waals surface area contributed by atoms with Crippen LogP contribution in [0.4, 0.5) is 0 Å². The predicted octanol–water partition coefficient (Wildman–Crippen LogP) is 4.30. The topological polar surface area (TPSA) is 38.3 Å². The molecule has 3 fully saturated rings. The molecule has 3 nitrogen and oxygen atoms in total. The predicted molar refractivity (Wildman–Crippen MR) is 93.1 cm³/mol. The highest BCUT2D eigenvalue weighted by Crippen LogP contribution is 2.44. The zero-order valence-corrected chi connectivity index (χ0v) is 15.7. The largest absolute Gasteiger partial charge is 0.462 e. The highest BCUT2D eigenvalue weighted by atomic mass is 16.5. The molecular weight excluding hydrogens is 286 g/mol.